The predicted octanol–water partition coefficient (Wildman–Crippen LogP) is 5.64. The van der Waals surface area contributed by atoms with E-state index in [0.717, 1.165) is 18.8 Å². The standard InChI is InChI=1S/C25H49N3/c1-3-5-7-9-11-13-15-23(14-12-10-8-6-4-2)24(27)17-20-16-21(19-24)22(26)25(23,28)18-20/h20-22H,3-19,26-28H2,1-2H3. The molecule has 0 radical (unpaired) electrons. The molecule has 0 aliphatic heterocycles. The molecule has 0 heterocycles. The fraction of sp³-hybridized carbons (Fsp3) is 1.00. The summed E-state index contributed by atoms with van der Waals surface area (Å²) in [5.41, 5.74) is 21.3. The van der Waals surface area contributed by atoms with Gasteiger partial charge in [-0.25, -0.2) is 0 Å². The molecule has 164 valence electrons. The number of rotatable bonds is 13. The molecule has 4 saturated carbocycles. The van der Waals surface area contributed by atoms with E-state index in [2.05, 4.69) is 13.8 Å². The van der Waals surface area contributed by atoms with Crippen LogP contribution >= 0.6 is 0 Å². The van der Waals surface area contributed by atoms with Crippen molar-refractivity contribution in [3.63, 3.8) is 0 Å². The van der Waals surface area contributed by atoms with Gasteiger partial charge < -0.3 is 17.2 Å². The van der Waals surface area contributed by atoms with E-state index in [4.69, 9.17) is 17.2 Å². The summed E-state index contributed by atoms with van der Waals surface area (Å²) < 4.78 is 0. The van der Waals surface area contributed by atoms with Gasteiger partial charge in [-0.15, -0.1) is 0 Å². The van der Waals surface area contributed by atoms with Crippen molar-refractivity contribution in [3.8, 4) is 0 Å². The monoisotopic (exact) mass is 391 g/mol. The topological polar surface area (TPSA) is 78.1 Å². The lowest BCUT2D eigenvalue weighted by Crippen LogP contribution is -2.85. The molecule has 6 atom stereocenters. The molecule has 4 aliphatic carbocycles. The Morgan fingerprint density at radius 1 is 0.714 bits per heavy atom. The molecule has 0 aromatic carbocycles. The zero-order valence-corrected chi connectivity index (χ0v) is 19.0. The maximum absolute atomic E-state index is 7.33. The smallest absolute Gasteiger partial charge is 0.0387 e. The third kappa shape index (κ3) is 3.93. The second-order valence-electron chi connectivity index (χ2n) is 11.0. The first kappa shape index (κ1) is 22.6. The Kier molecular flexibility index (Phi) is 7.53. The molecule has 3 nitrogen and oxygen atoms in total. The van der Waals surface area contributed by atoms with Crippen molar-refractivity contribution in [1.82, 2.24) is 0 Å². The zero-order valence-electron chi connectivity index (χ0n) is 19.0. The highest BCUT2D eigenvalue weighted by Gasteiger charge is 2.71. The fourth-order valence-electron chi connectivity index (χ4n) is 7.82. The molecule has 0 amide bonds. The summed E-state index contributed by atoms with van der Waals surface area (Å²) in [6.07, 6.45) is 21.9. The Bertz CT molecular complexity index is 494. The minimum atomic E-state index is -0.222. The fourth-order valence-corrected chi connectivity index (χ4v) is 7.82. The Balaban J connectivity index is 1.73. The van der Waals surface area contributed by atoms with Crippen LogP contribution in [-0.2, 0) is 0 Å². The summed E-state index contributed by atoms with van der Waals surface area (Å²) in [5.74, 6) is 1.30. The molecule has 0 aromatic heterocycles. The van der Waals surface area contributed by atoms with Crippen molar-refractivity contribution in [2.45, 2.75) is 140 Å². The quantitative estimate of drug-likeness (QED) is 0.355. The SMILES string of the molecule is CCCCCCCCC1(CCCCCCC)C2(N)CC3CC(C2)C(N)C1(N)C3. The Labute approximate surface area is 175 Å². The number of nitrogens with two attached hydrogens (primary N) is 3. The van der Waals surface area contributed by atoms with Crippen LogP contribution in [0, 0.1) is 17.3 Å². The first-order valence-corrected chi connectivity index (χ1v) is 12.8. The molecule has 6 unspecified atom stereocenters. The van der Waals surface area contributed by atoms with E-state index in [1.54, 1.807) is 0 Å². The minimum absolute atomic E-state index is 0.0579. The lowest BCUT2D eigenvalue weighted by atomic mass is 9.36. The van der Waals surface area contributed by atoms with E-state index in [1.165, 1.54) is 96.3 Å². The van der Waals surface area contributed by atoms with Crippen molar-refractivity contribution >= 4 is 0 Å². The van der Waals surface area contributed by atoms with Crippen LogP contribution < -0.4 is 17.2 Å². The van der Waals surface area contributed by atoms with Crippen LogP contribution in [-0.4, -0.2) is 17.1 Å². The van der Waals surface area contributed by atoms with Crippen molar-refractivity contribution in [3.05, 3.63) is 0 Å². The maximum Gasteiger partial charge on any atom is 0.0387 e. The van der Waals surface area contributed by atoms with Gasteiger partial charge in [0.2, 0.25) is 0 Å². The molecule has 3 heteroatoms. The molecular formula is C25H49N3. The van der Waals surface area contributed by atoms with Gasteiger partial charge in [-0.1, -0.05) is 84.5 Å². The van der Waals surface area contributed by atoms with Gasteiger partial charge in [0.15, 0.2) is 0 Å². The van der Waals surface area contributed by atoms with Crippen LogP contribution in [0.4, 0.5) is 0 Å². The summed E-state index contributed by atoms with van der Waals surface area (Å²) in [6, 6.07) is 0.163. The van der Waals surface area contributed by atoms with Crippen LogP contribution in [0.3, 0.4) is 0 Å². The van der Waals surface area contributed by atoms with E-state index in [0.29, 0.717) is 5.92 Å². The lowest BCUT2D eigenvalue weighted by Gasteiger charge is -2.73. The van der Waals surface area contributed by atoms with Gasteiger partial charge in [-0.3, -0.25) is 0 Å². The molecule has 4 rings (SSSR count). The van der Waals surface area contributed by atoms with Gasteiger partial charge in [-0.2, -0.15) is 0 Å². The zero-order chi connectivity index (χ0) is 20.3. The summed E-state index contributed by atoms with van der Waals surface area (Å²) in [4.78, 5) is 0. The van der Waals surface area contributed by atoms with Crippen LogP contribution in [0.5, 0.6) is 0 Å². The Morgan fingerprint density at radius 3 is 1.82 bits per heavy atom. The third-order valence-corrected chi connectivity index (χ3v) is 9.15. The lowest BCUT2D eigenvalue weighted by molar-refractivity contribution is -0.162. The van der Waals surface area contributed by atoms with E-state index >= 15 is 0 Å². The first-order valence-electron chi connectivity index (χ1n) is 12.8. The van der Waals surface area contributed by atoms with Gasteiger partial charge in [0.05, 0.1) is 0 Å². The van der Waals surface area contributed by atoms with E-state index in [-0.39, 0.29) is 22.5 Å². The third-order valence-electron chi connectivity index (χ3n) is 9.15. The molecular weight excluding hydrogens is 342 g/mol. The van der Waals surface area contributed by atoms with Gasteiger partial charge >= 0.3 is 0 Å². The molecule has 0 spiro atoms. The summed E-state index contributed by atoms with van der Waals surface area (Å²) in [5, 5.41) is 0. The highest BCUT2D eigenvalue weighted by Crippen LogP contribution is 2.66. The minimum Gasteiger partial charge on any atom is -0.326 e. The van der Waals surface area contributed by atoms with Crippen LogP contribution in [0.1, 0.15) is 123 Å². The molecule has 6 N–H and O–H groups in total. The summed E-state index contributed by atoms with van der Waals surface area (Å²) in [7, 11) is 0. The largest absolute Gasteiger partial charge is 0.326 e. The van der Waals surface area contributed by atoms with Gasteiger partial charge in [-0.05, 0) is 50.4 Å². The van der Waals surface area contributed by atoms with Crippen molar-refractivity contribution < 1.29 is 0 Å². The highest BCUT2D eigenvalue weighted by atomic mass is 15.0. The van der Waals surface area contributed by atoms with Crippen LogP contribution in [0.25, 0.3) is 0 Å². The molecule has 0 aromatic rings. The first-order chi connectivity index (χ1) is 13.4. The van der Waals surface area contributed by atoms with Crippen molar-refractivity contribution in [2.24, 2.45) is 34.5 Å². The summed E-state index contributed by atoms with van der Waals surface area (Å²) in [6.45, 7) is 4.58. The average Bonchev–Trinajstić information content (AvgIpc) is 2.65. The maximum atomic E-state index is 7.33. The molecule has 0 saturated heterocycles. The van der Waals surface area contributed by atoms with Gasteiger partial charge in [0.1, 0.15) is 0 Å². The van der Waals surface area contributed by atoms with Crippen molar-refractivity contribution in [1.29, 1.82) is 0 Å². The average molecular weight is 392 g/mol. The second kappa shape index (κ2) is 9.35. The molecule has 4 fully saturated rings. The summed E-state index contributed by atoms with van der Waals surface area (Å²) >= 11 is 0. The Hall–Kier alpha value is -0.120. The van der Waals surface area contributed by atoms with E-state index < -0.39 is 0 Å². The molecule has 4 aliphatic rings. The predicted molar refractivity (Wildman–Crippen MR) is 121 cm³/mol. The number of unbranched alkanes of at least 4 members (excludes halogenated alkanes) is 9. The second-order valence-corrected chi connectivity index (χ2v) is 11.0. The van der Waals surface area contributed by atoms with Gasteiger partial charge in [0, 0.05) is 22.5 Å². The molecule has 28 heavy (non-hydrogen) atoms. The van der Waals surface area contributed by atoms with E-state index in [1.807, 2.05) is 0 Å². The normalized spacial score (nSPS) is 41.7. The highest BCUT2D eigenvalue weighted by molar-refractivity contribution is 5.29. The van der Waals surface area contributed by atoms with Crippen molar-refractivity contribution in [2.75, 3.05) is 0 Å². The van der Waals surface area contributed by atoms with Crippen LogP contribution in [0.2, 0.25) is 0 Å². The number of hydrogen-bond donors (Lipinski definition) is 3. The van der Waals surface area contributed by atoms with Crippen LogP contribution in [0.15, 0.2) is 0 Å². The Morgan fingerprint density at radius 2 is 1.25 bits per heavy atom. The number of hydrogen-bond acceptors (Lipinski definition) is 3. The van der Waals surface area contributed by atoms with E-state index in [9.17, 15) is 0 Å². The molecule has 4 bridgehead atoms. The van der Waals surface area contributed by atoms with Gasteiger partial charge in [0.25, 0.3) is 0 Å².